The van der Waals surface area contributed by atoms with Crippen molar-refractivity contribution >= 4 is 28.7 Å². The van der Waals surface area contributed by atoms with E-state index >= 15 is 0 Å². The second-order valence-corrected chi connectivity index (χ2v) is 6.46. The van der Waals surface area contributed by atoms with E-state index in [1.165, 1.54) is 4.90 Å². The normalized spacial score (nSPS) is 17.2. The van der Waals surface area contributed by atoms with Gasteiger partial charge in [-0.1, -0.05) is 12.1 Å². The number of benzene rings is 1. The zero-order chi connectivity index (χ0) is 17.8. The molecule has 0 radical (unpaired) electrons. The quantitative estimate of drug-likeness (QED) is 0.866. The molecule has 2 N–H and O–H groups in total. The van der Waals surface area contributed by atoms with Crippen molar-refractivity contribution in [1.82, 2.24) is 14.3 Å². The van der Waals surface area contributed by atoms with Gasteiger partial charge in [-0.05, 0) is 25.0 Å². The summed E-state index contributed by atoms with van der Waals surface area (Å²) in [5.74, 6) is -0.179. The molecule has 9 heteroatoms. The van der Waals surface area contributed by atoms with E-state index in [-0.39, 0.29) is 12.6 Å². The van der Waals surface area contributed by atoms with Crippen LogP contribution in [0.1, 0.15) is 12.8 Å². The van der Waals surface area contributed by atoms with Crippen molar-refractivity contribution in [2.75, 3.05) is 25.5 Å². The maximum Gasteiger partial charge on any atom is 0.323 e. The largest absolute Gasteiger partial charge is 0.497 e. The van der Waals surface area contributed by atoms with Gasteiger partial charge in [0.05, 0.1) is 13.0 Å². The number of hydrogen-bond donors (Lipinski definition) is 2. The Hall–Kier alpha value is -2.68. The van der Waals surface area contributed by atoms with Gasteiger partial charge in [-0.2, -0.15) is 9.36 Å². The molecule has 25 heavy (non-hydrogen) atoms. The van der Waals surface area contributed by atoms with E-state index in [1.807, 2.05) is 24.3 Å². The number of nitrogens with zero attached hydrogens (tertiary/aromatic N) is 3. The molecule has 1 fully saturated rings. The Bertz CT molecular complexity index is 779. The lowest BCUT2D eigenvalue weighted by molar-refractivity contribution is -0.143. The first kappa shape index (κ1) is 17.2. The van der Waals surface area contributed by atoms with Crippen molar-refractivity contribution in [2.24, 2.45) is 5.92 Å². The maximum atomic E-state index is 12.3. The Kier molecular flexibility index (Phi) is 5.13. The summed E-state index contributed by atoms with van der Waals surface area (Å²) in [4.78, 5) is 29.3. The van der Waals surface area contributed by atoms with Crippen LogP contribution in [0.3, 0.4) is 0 Å². The monoisotopic (exact) mass is 362 g/mol. The highest BCUT2D eigenvalue weighted by atomic mass is 32.1. The molecule has 1 aromatic heterocycles. The average Bonchev–Trinajstić information content (AvgIpc) is 3.10. The summed E-state index contributed by atoms with van der Waals surface area (Å²) in [5.41, 5.74) is 0.792. The van der Waals surface area contributed by atoms with Crippen LogP contribution in [0.5, 0.6) is 5.75 Å². The lowest BCUT2D eigenvalue weighted by atomic mass is 9.99. The van der Waals surface area contributed by atoms with Gasteiger partial charge in [0.25, 0.3) is 0 Å². The number of urea groups is 1. The number of aromatic nitrogens is 2. The molecule has 0 bridgehead atoms. The fourth-order valence-electron chi connectivity index (χ4n) is 2.69. The van der Waals surface area contributed by atoms with E-state index < -0.39 is 11.9 Å². The summed E-state index contributed by atoms with van der Waals surface area (Å²) >= 11 is 1.08. The molecule has 1 unspecified atom stereocenters. The second-order valence-electron chi connectivity index (χ2n) is 5.71. The van der Waals surface area contributed by atoms with Crippen LogP contribution >= 0.6 is 11.5 Å². The van der Waals surface area contributed by atoms with Crippen molar-refractivity contribution in [3.63, 3.8) is 0 Å². The Morgan fingerprint density at radius 2 is 2.28 bits per heavy atom. The molecule has 2 heterocycles. The zero-order valence-corrected chi connectivity index (χ0v) is 14.5. The van der Waals surface area contributed by atoms with E-state index in [0.29, 0.717) is 36.1 Å². The first-order chi connectivity index (χ1) is 12.1. The second kappa shape index (κ2) is 7.47. The summed E-state index contributed by atoms with van der Waals surface area (Å²) in [7, 11) is 1.59. The number of nitrogens with one attached hydrogen (secondary N) is 1. The molecule has 3 rings (SSSR count). The molecule has 0 spiro atoms. The van der Waals surface area contributed by atoms with Crippen LogP contribution in [-0.2, 0) is 4.79 Å². The number of aliphatic carboxylic acids is 1. The predicted octanol–water partition coefficient (Wildman–Crippen LogP) is 2.54. The van der Waals surface area contributed by atoms with Gasteiger partial charge >= 0.3 is 12.0 Å². The molecule has 0 aliphatic carbocycles. The van der Waals surface area contributed by atoms with Crippen LogP contribution in [0.15, 0.2) is 24.3 Å². The Balaban J connectivity index is 1.66. The molecule has 1 saturated heterocycles. The van der Waals surface area contributed by atoms with E-state index in [9.17, 15) is 9.59 Å². The summed E-state index contributed by atoms with van der Waals surface area (Å²) in [6.07, 6.45) is 1.27. The van der Waals surface area contributed by atoms with Crippen molar-refractivity contribution < 1.29 is 19.4 Å². The Morgan fingerprint density at radius 1 is 1.44 bits per heavy atom. The molecule has 0 saturated carbocycles. The van der Waals surface area contributed by atoms with E-state index in [0.717, 1.165) is 17.1 Å². The number of carbonyl (C=O) groups excluding carboxylic acids is 1. The number of likely N-dealkylation sites (tertiary alicyclic amines) is 1. The molecule has 2 amide bonds. The van der Waals surface area contributed by atoms with Gasteiger partial charge in [-0.25, -0.2) is 4.79 Å². The number of methoxy groups -OCH3 is 1. The van der Waals surface area contributed by atoms with Gasteiger partial charge in [-0.15, -0.1) is 0 Å². The highest BCUT2D eigenvalue weighted by molar-refractivity contribution is 7.10. The molecule has 8 nitrogen and oxygen atoms in total. The Morgan fingerprint density at radius 3 is 3.04 bits per heavy atom. The molecule has 1 atom stereocenters. The predicted molar refractivity (Wildman–Crippen MR) is 92.8 cm³/mol. The third kappa shape index (κ3) is 4.05. The van der Waals surface area contributed by atoms with Crippen LogP contribution < -0.4 is 10.1 Å². The third-order valence-corrected chi connectivity index (χ3v) is 4.66. The standard InChI is InChI=1S/C16H18N4O4S/c1-24-12-6-2-4-10(8-12)13-17-15(25-19-13)18-16(23)20-7-3-5-11(9-20)14(21)22/h2,4,6,8,11H,3,5,7,9H2,1H3,(H,21,22)(H,17,18,19,23). The molecule has 2 aromatic rings. The number of rotatable bonds is 4. The molecular weight excluding hydrogens is 344 g/mol. The fourth-order valence-corrected chi connectivity index (χ4v) is 3.27. The van der Waals surface area contributed by atoms with Gasteiger partial charge < -0.3 is 14.7 Å². The number of carboxylic acids is 1. The maximum absolute atomic E-state index is 12.3. The minimum atomic E-state index is -0.867. The number of carboxylic acid groups (broad SMARTS) is 1. The van der Waals surface area contributed by atoms with Crippen molar-refractivity contribution in [1.29, 1.82) is 0 Å². The first-order valence-corrected chi connectivity index (χ1v) is 8.61. The number of ether oxygens (including phenoxy) is 1. The van der Waals surface area contributed by atoms with Crippen molar-refractivity contribution in [3.8, 4) is 17.1 Å². The molecule has 1 aliphatic rings. The van der Waals surface area contributed by atoms with Crippen LogP contribution in [0.25, 0.3) is 11.4 Å². The summed E-state index contributed by atoms with van der Waals surface area (Å²) in [6, 6.07) is 6.99. The highest BCUT2D eigenvalue weighted by Crippen LogP contribution is 2.25. The van der Waals surface area contributed by atoms with Gasteiger partial charge in [0.15, 0.2) is 5.82 Å². The fraction of sp³-hybridized carbons (Fsp3) is 0.375. The molecule has 1 aliphatic heterocycles. The van der Waals surface area contributed by atoms with Crippen LogP contribution in [0, 0.1) is 5.92 Å². The topological polar surface area (TPSA) is 105 Å². The van der Waals surface area contributed by atoms with Gasteiger partial charge in [0, 0.05) is 30.2 Å². The summed E-state index contributed by atoms with van der Waals surface area (Å²) in [5, 5.41) is 12.2. The average molecular weight is 362 g/mol. The number of amides is 2. The van der Waals surface area contributed by atoms with Crippen LogP contribution in [0.4, 0.5) is 9.93 Å². The third-order valence-electron chi connectivity index (χ3n) is 4.03. The first-order valence-electron chi connectivity index (χ1n) is 7.83. The van der Waals surface area contributed by atoms with Crippen LogP contribution in [-0.4, -0.2) is 51.6 Å². The van der Waals surface area contributed by atoms with E-state index in [2.05, 4.69) is 14.7 Å². The van der Waals surface area contributed by atoms with Crippen molar-refractivity contribution in [2.45, 2.75) is 12.8 Å². The Labute approximate surface area is 148 Å². The molecular formula is C16H18N4O4S. The molecule has 1 aromatic carbocycles. The minimum Gasteiger partial charge on any atom is -0.497 e. The van der Waals surface area contributed by atoms with E-state index in [1.54, 1.807) is 7.11 Å². The molecule has 132 valence electrons. The summed E-state index contributed by atoms with van der Waals surface area (Å²) < 4.78 is 9.43. The highest BCUT2D eigenvalue weighted by Gasteiger charge is 2.28. The van der Waals surface area contributed by atoms with Gasteiger partial charge in [-0.3, -0.25) is 10.1 Å². The summed E-state index contributed by atoms with van der Waals surface area (Å²) in [6.45, 7) is 0.750. The SMILES string of the molecule is COc1cccc(-c2nsc(NC(=O)N3CCCC(C(=O)O)C3)n2)c1. The van der Waals surface area contributed by atoms with E-state index in [4.69, 9.17) is 9.84 Å². The zero-order valence-electron chi connectivity index (χ0n) is 13.6. The lowest BCUT2D eigenvalue weighted by Crippen LogP contribution is -2.44. The minimum absolute atomic E-state index is 0.211. The smallest absolute Gasteiger partial charge is 0.323 e. The van der Waals surface area contributed by atoms with Gasteiger partial charge in [0.2, 0.25) is 5.13 Å². The van der Waals surface area contributed by atoms with Gasteiger partial charge in [0.1, 0.15) is 5.75 Å². The number of carbonyl (C=O) groups is 2. The lowest BCUT2D eigenvalue weighted by Gasteiger charge is -2.30. The van der Waals surface area contributed by atoms with Crippen molar-refractivity contribution in [3.05, 3.63) is 24.3 Å². The number of hydrogen-bond acceptors (Lipinski definition) is 6. The number of anilines is 1. The van der Waals surface area contributed by atoms with Crippen LogP contribution in [0.2, 0.25) is 0 Å². The number of piperidine rings is 1.